The van der Waals surface area contributed by atoms with E-state index >= 15 is 0 Å². The quantitative estimate of drug-likeness (QED) is 0.798. The summed E-state index contributed by atoms with van der Waals surface area (Å²) in [6, 6.07) is 5.61. The van der Waals surface area contributed by atoms with Crippen LogP contribution in [0.1, 0.15) is 18.4 Å². The maximum absolute atomic E-state index is 12.4. The number of hydrogen-bond acceptors (Lipinski definition) is 4. The maximum atomic E-state index is 12.4. The summed E-state index contributed by atoms with van der Waals surface area (Å²) in [4.78, 5) is 17.1. The molecule has 0 aliphatic carbocycles. The van der Waals surface area contributed by atoms with Gasteiger partial charge in [-0.1, -0.05) is 29.3 Å². The van der Waals surface area contributed by atoms with Crippen molar-refractivity contribution in [2.45, 2.75) is 19.4 Å². The Labute approximate surface area is 165 Å². The van der Waals surface area contributed by atoms with Gasteiger partial charge in [0.15, 0.2) is 0 Å². The molecule has 7 heteroatoms. The molecule has 2 fully saturated rings. The number of hydrogen-bond donors (Lipinski definition) is 1. The van der Waals surface area contributed by atoms with E-state index in [9.17, 15) is 4.79 Å². The third-order valence-corrected chi connectivity index (χ3v) is 5.94. The van der Waals surface area contributed by atoms with Gasteiger partial charge in [0.25, 0.3) is 0 Å². The van der Waals surface area contributed by atoms with Crippen molar-refractivity contribution in [3.8, 4) is 0 Å². The first-order valence-corrected chi connectivity index (χ1v) is 10.1. The van der Waals surface area contributed by atoms with Gasteiger partial charge in [0, 0.05) is 54.3 Å². The molecule has 2 saturated heterocycles. The van der Waals surface area contributed by atoms with Crippen LogP contribution in [0, 0.1) is 5.92 Å². The lowest BCUT2D eigenvalue weighted by Crippen LogP contribution is -2.44. The Morgan fingerprint density at radius 2 is 1.73 bits per heavy atom. The molecule has 0 unspecified atom stereocenters. The highest BCUT2D eigenvalue weighted by Crippen LogP contribution is 2.27. The minimum Gasteiger partial charge on any atom is -0.379 e. The van der Waals surface area contributed by atoms with Crippen LogP contribution in [0.3, 0.4) is 0 Å². The minimum atomic E-state index is 0.109. The molecule has 3 rings (SSSR count). The molecule has 1 aromatic carbocycles. The molecule has 5 nitrogen and oxygen atoms in total. The van der Waals surface area contributed by atoms with Gasteiger partial charge in [0.05, 0.1) is 13.2 Å². The lowest BCUT2D eigenvalue weighted by molar-refractivity contribution is -0.126. The predicted molar refractivity (Wildman–Crippen MR) is 105 cm³/mol. The highest BCUT2D eigenvalue weighted by molar-refractivity contribution is 6.35. The lowest BCUT2D eigenvalue weighted by Gasteiger charge is -2.32. The summed E-state index contributed by atoms with van der Waals surface area (Å²) < 4.78 is 5.34. The molecule has 1 amide bonds. The summed E-state index contributed by atoms with van der Waals surface area (Å²) in [5, 5.41) is 4.52. The second-order valence-corrected chi connectivity index (χ2v) is 7.81. The first kappa shape index (κ1) is 19.9. The van der Waals surface area contributed by atoms with Crippen LogP contribution in [0.25, 0.3) is 0 Å². The molecular weight excluding hydrogens is 373 g/mol. The van der Waals surface area contributed by atoms with Gasteiger partial charge in [-0.3, -0.25) is 14.6 Å². The van der Waals surface area contributed by atoms with E-state index < -0.39 is 0 Å². The fourth-order valence-corrected chi connectivity index (χ4v) is 4.08. The standard InChI is InChI=1S/C19H27Cl2N3O2/c20-17-2-1-3-18(21)16(17)14-24-7-4-15(5-8-24)19(25)22-6-9-23-10-12-26-13-11-23/h1-3,15H,4-14H2,(H,22,25). The Bertz CT molecular complexity index is 580. The van der Waals surface area contributed by atoms with Crippen molar-refractivity contribution < 1.29 is 9.53 Å². The van der Waals surface area contributed by atoms with Crippen LogP contribution < -0.4 is 5.32 Å². The molecule has 144 valence electrons. The number of piperidine rings is 1. The Hall–Kier alpha value is -0.850. The summed E-state index contributed by atoms with van der Waals surface area (Å²) in [5.74, 6) is 0.298. The van der Waals surface area contributed by atoms with E-state index in [4.69, 9.17) is 27.9 Å². The van der Waals surface area contributed by atoms with Gasteiger partial charge in [-0.2, -0.15) is 0 Å². The number of ether oxygens (including phenoxy) is 1. The van der Waals surface area contributed by atoms with Crippen molar-refractivity contribution >= 4 is 29.1 Å². The van der Waals surface area contributed by atoms with Gasteiger partial charge in [0.1, 0.15) is 0 Å². The SMILES string of the molecule is O=C(NCCN1CCOCC1)C1CCN(Cc2c(Cl)cccc2Cl)CC1. The van der Waals surface area contributed by atoms with Crippen LogP contribution in [0.15, 0.2) is 18.2 Å². The van der Waals surface area contributed by atoms with Crippen LogP contribution in [-0.2, 0) is 16.1 Å². The smallest absolute Gasteiger partial charge is 0.223 e. The Balaban J connectivity index is 1.38. The summed E-state index contributed by atoms with van der Waals surface area (Å²) >= 11 is 12.5. The molecule has 0 saturated carbocycles. The van der Waals surface area contributed by atoms with Crippen LogP contribution >= 0.6 is 23.2 Å². The van der Waals surface area contributed by atoms with Gasteiger partial charge < -0.3 is 10.1 Å². The van der Waals surface area contributed by atoms with Gasteiger partial charge in [-0.25, -0.2) is 0 Å². The summed E-state index contributed by atoms with van der Waals surface area (Å²) in [6.45, 7) is 7.64. The van der Waals surface area contributed by atoms with Gasteiger partial charge in [0.2, 0.25) is 5.91 Å². The number of morpholine rings is 1. The zero-order valence-corrected chi connectivity index (χ0v) is 16.6. The highest BCUT2D eigenvalue weighted by Gasteiger charge is 2.25. The van der Waals surface area contributed by atoms with Crippen molar-refractivity contribution in [3.63, 3.8) is 0 Å². The minimum absolute atomic E-state index is 0.109. The molecule has 2 aliphatic heterocycles. The number of carbonyl (C=O) groups excluding carboxylic acids is 1. The third-order valence-electron chi connectivity index (χ3n) is 5.23. The fourth-order valence-electron chi connectivity index (χ4n) is 3.57. The fraction of sp³-hybridized carbons (Fsp3) is 0.632. The second kappa shape index (κ2) is 9.90. The third kappa shape index (κ3) is 5.57. The number of amides is 1. The van der Waals surface area contributed by atoms with Crippen molar-refractivity contribution in [1.29, 1.82) is 0 Å². The molecule has 0 bridgehead atoms. The van der Waals surface area contributed by atoms with E-state index in [0.29, 0.717) is 16.6 Å². The van der Waals surface area contributed by atoms with Gasteiger partial charge in [-0.15, -0.1) is 0 Å². The molecule has 26 heavy (non-hydrogen) atoms. The van der Waals surface area contributed by atoms with Gasteiger partial charge >= 0.3 is 0 Å². The van der Waals surface area contributed by atoms with E-state index in [1.165, 1.54) is 0 Å². The van der Waals surface area contributed by atoms with E-state index in [1.54, 1.807) is 0 Å². The number of nitrogens with zero attached hydrogens (tertiary/aromatic N) is 2. The predicted octanol–water partition coefficient (Wildman–Crippen LogP) is 2.65. The lowest BCUT2D eigenvalue weighted by atomic mass is 9.95. The van der Waals surface area contributed by atoms with Crippen LogP contribution in [0.2, 0.25) is 10.0 Å². The molecule has 0 aromatic heterocycles. The molecular formula is C19H27Cl2N3O2. The molecule has 0 atom stereocenters. The van der Waals surface area contributed by atoms with Crippen molar-refractivity contribution in [1.82, 2.24) is 15.1 Å². The molecule has 2 aliphatic rings. The van der Waals surface area contributed by atoms with Gasteiger partial charge in [-0.05, 0) is 38.1 Å². The monoisotopic (exact) mass is 399 g/mol. The summed E-state index contributed by atoms with van der Waals surface area (Å²) in [6.07, 6.45) is 1.76. The van der Waals surface area contributed by atoms with Crippen molar-refractivity contribution in [2.24, 2.45) is 5.92 Å². The molecule has 1 N–H and O–H groups in total. The van der Waals surface area contributed by atoms with E-state index in [-0.39, 0.29) is 11.8 Å². The largest absolute Gasteiger partial charge is 0.379 e. The average Bonchev–Trinajstić information content (AvgIpc) is 2.66. The number of likely N-dealkylation sites (tertiary alicyclic amines) is 1. The Kier molecular flexibility index (Phi) is 7.58. The number of carbonyl (C=O) groups is 1. The Morgan fingerprint density at radius 3 is 2.38 bits per heavy atom. The zero-order valence-electron chi connectivity index (χ0n) is 15.1. The number of nitrogens with one attached hydrogen (secondary N) is 1. The first-order chi connectivity index (χ1) is 12.6. The number of benzene rings is 1. The van der Waals surface area contributed by atoms with E-state index in [0.717, 1.165) is 70.9 Å². The number of rotatable bonds is 6. The highest BCUT2D eigenvalue weighted by atomic mass is 35.5. The van der Waals surface area contributed by atoms with Crippen molar-refractivity contribution in [3.05, 3.63) is 33.8 Å². The summed E-state index contributed by atoms with van der Waals surface area (Å²) in [5.41, 5.74) is 0.976. The van der Waals surface area contributed by atoms with E-state index in [2.05, 4.69) is 15.1 Å². The zero-order chi connectivity index (χ0) is 18.4. The number of halogens is 2. The second-order valence-electron chi connectivity index (χ2n) is 7.00. The van der Waals surface area contributed by atoms with Crippen LogP contribution in [0.5, 0.6) is 0 Å². The van der Waals surface area contributed by atoms with E-state index in [1.807, 2.05) is 18.2 Å². The molecule has 0 spiro atoms. The Morgan fingerprint density at radius 1 is 1.08 bits per heavy atom. The first-order valence-electron chi connectivity index (χ1n) is 9.36. The molecule has 0 radical (unpaired) electrons. The topological polar surface area (TPSA) is 44.8 Å². The van der Waals surface area contributed by atoms with Crippen LogP contribution in [0.4, 0.5) is 0 Å². The molecule has 2 heterocycles. The maximum Gasteiger partial charge on any atom is 0.223 e. The van der Waals surface area contributed by atoms with Crippen molar-refractivity contribution in [2.75, 3.05) is 52.5 Å². The average molecular weight is 400 g/mol. The normalized spacial score (nSPS) is 20.2. The summed E-state index contributed by atoms with van der Waals surface area (Å²) in [7, 11) is 0. The van der Waals surface area contributed by atoms with Crippen LogP contribution in [-0.4, -0.2) is 68.2 Å². The molecule has 1 aromatic rings.